The predicted octanol–water partition coefficient (Wildman–Crippen LogP) is 4.31. The summed E-state index contributed by atoms with van der Waals surface area (Å²) < 4.78 is 18.2. The van der Waals surface area contributed by atoms with Crippen molar-refractivity contribution in [2.45, 2.75) is 38.2 Å². The molecule has 36 heavy (non-hydrogen) atoms. The van der Waals surface area contributed by atoms with Gasteiger partial charge in [0.25, 0.3) is 8.32 Å². The summed E-state index contributed by atoms with van der Waals surface area (Å²) >= 11 is 0. The first-order chi connectivity index (χ1) is 17.3. The number of hydrogen-bond donors (Lipinski definition) is 0. The van der Waals surface area contributed by atoms with Gasteiger partial charge < -0.3 is 13.9 Å². The second kappa shape index (κ2) is 10.8. The Bertz CT molecular complexity index is 1180. The molecule has 4 rings (SSSR count). The quantitative estimate of drug-likeness (QED) is 0.262. The first-order valence-electron chi connectivity index (χ1n) is 12.1. The maximum atomic E-state index is 13.5. The molecule has 6 heteroatoms. The van der Waals surface area contributed by atoms with E-state index in [1.807, 2.05) is 42.5 Å². The molecule has 0 radical (unpaired) electrons. The average Bonchev–Trinajstić information content (AvgIpc) is 2.90. The third-order valence-corrected chi connectivity index (χ3v) is 11.5. The second-order valence-corrected chi connectivity index (χ2v) is 14.1. The van der Waals surface area contributed by atoms with E-state index < -0.39 is 26.5 Å². The third-order valence-electron chi connectivity index (χ3n) is 6.54. The number of carbonyl (C=O) groups is 2. The van der Waals surface area contributed by atoms with Crippen LogP contribution in [0.1, 0.15) is 31.1 Å². The number of carbonyl (C=O) groups excluding carboxylic acids is 2. The van der Waals surface area contributed by atoms with E-state index in [4.69, 9.17) is 13.9 Å². The zero-order valence-electron chi connectivity index (χ0n) is 21.1. The fourth-order valence-corrected chi connectivity index (χ4v) is 9.34. The number of benzene rings is 3. The van der Waals surface area contributed by atoms with Crippen LogP contribution in [0.15, 0.2) is 103 Å². The molecule has 0 aliphatic carbocycles. The Morgan fingerprint density at radius 1 is 0.861 bits per heavy atom. The minimum atomic E-state index is -2.89. The molecule has 0 amide bonds. The number of rotatable bonds is 8. The van der Waals surface area contributed by atoms with Crippen molar-refractivity contribution in [2.24, 2.45) is 0 Å². The van der Waals surface area contributed by atoms with Gasteiger partial charge >= 0.3 is 0 Å². The van der Waals surface area contributed by atoms with Crippen LogP contribution in [0.4, 0.5) is 0 Å². The molecule has 0 saturated heterocycles. The Balaban J connectivity index is 1.70. The van der Waals surface area contributed by atoms with Gasteiger partial charge in [0.2, 0.25) is 0 Å². The zero-order valence-corrected chi connectivity index (χ0v) is 22.1. The Morgan fingerprint density at radius 3 is 1.83 bits per heavy atom. The first-order valence-corrected chi connectivity index (χ1v) is 14.0. The maximum absolute atomic E-state index is 13.5. The molecular formula is C30H32O5Si. The van der Waals surface area contributed by atoms with Gasteiger partial charge in [0.1, 0.15) is 6.10 Å². The lowest BCUT2D eigenvalue weighted by Gasteiger charge is -2.43. The lowest BCUT2D eigenvalue weighted by molar-refractivity contribution is -0.160. The number of methoxy groups -OCH3 is 1. The van der Waals surface area contributed by atoms with Crippen LogP contribution in [0.25, 0.3) is 0 Å². The molecule has 5 nitrogen and oxygen atoms in total. The summed E-state index contributed by atoms with van der Waals surface area (Å²) in [4.78, 5) is 26.7. The Kier molecular flexibility index (Phi) is 7.81. The van der Waals surface area contributed by atoms with E-state index in [-0.39, 0.29) is 23.0 Å². The maximum Gasteiger partial charge on any atom is 0.261 e. The molecule has 0 N–H and O–H groups in total. The fraction of sp³-hybridized carbons (Fsp3) is 0.267. The highest BCUT2D eigenvalue weighted by molar-refractivity contribution is 6.99. The molecule has 1 aliphatic heterocycles. The van der Waals surface area contributed by atoms with Gasteiger partial charge in [-0.1, -0.05) is 112 Å². The summed E-state index contributed by atoms with van der Waals surface area (Å²) in [5, 5.41) is 1.95. The molecule has 0 spiro atoms. The van der Waals surface area contributed by atoms with E-state index in [0.717, 1.165) is 10.4 Å². The Hall–Kier alpha value is -3.16. The minimum absolute atomic E-state index is 0.00534. The molecular weight excluding hydrogens is 468 g/mol. The topological polar surface area (TPSA) is 61.8 Å². The van der Waals surface area contributed by atoms with E-state index in [0.29, 0.717) is 5.56 Å². The first kappa shape index (κ1) is 25.9. The SMILES string of the molecule is CO[C@@H]1C=C(C(=O)c2ccccc2)C(=O)[C@@H](CO[Si](c2ccccc2)(c2ccccc2)C(C)(C)C)O1. The van der Waals surface area contributed by atoms with Crippen LogP contribution in [0.3, 0.4) is 0 Å². The lowest BCUT2D eigenvalue weighted by Crippen LogP contribution is -2.67. The van der Waals surface area contributed by atoms with Gasteiger partial charge in [-0.25, -0.2) is 0 Å². The molecule has 3 aromatic rings. The van der Waals surface area contributed by atoms with Crippen LogP contribution in [0.2, 0.25) is 5.04 Å². The third kappa shape index (κ3) is 5.04. The molecule has 1 aliphatic rings. The normalized spacial score (nSPS) is 18.6. The van der Waals surface area contributed by atoms with Gasteiger partial charge in [0.15, 0.2) is 17.9 Å². The average molecular weight is 501 g/mol. The van der Waals surface area contributed by atoms with E-state index in [9.17, 15) is 9.59 Å². The minimum Gasteiger partial charge on any atom is -0.404 e. The van der Waals surface area contributed by atoms with Crippen molar-refractivity contribution in [1.29, 1.82) is 0 Å². The van der Waals surface area contributed by atoms with Crippen molar-refractivity contribution in [3.05, 3.63) is 108 Å². The van der Waals surface area contributed by atoms with Crippen molar-refractivity contribution < 1.29 is 23.5 Å². The van der Waals surface area contributed by atoms with Gasteiger partial charge in [0, 0.05) is 12.7 Å². The highest BCUT2D eigenvalue weighted by Gasteiger charge is 2.51. The summed E-state index contributed by atoms with van der Waals surface area (Å²) in [6.45, 7) is 6.52. The van der Waals surface area contributed by atoms with E-state index in [1.54, 1.807) is 24.3 Å². The number of hydrogen-bond acceptors (Lipinski definition) is 5. The summed E-state index contributed by atoms with van der Waals surface area (Å²) in [7, 11) is -1.40. The number of Topliss-reactive ketones (excluding diaryl/α,β-unsaturated/α-hetero) is 2. The van der Waals surface area contributed by atoms with Crippen molar-refractivity contribution in [3.63, 3.8) is 0 Å². The molecule has 0 unspecified atom stereocenters. The molecule has 0 fully saturated rings. The van der Waals surface area contributed by atoms with Crippen LogP contribution in [0, 0.1) is 0 Å². The smallest absolute Gasteiger partial charge is 0.261 e. The van der Waals surface area contributed by atoms with Crippen molar-refractivity contribution in [3.8, 4) is 0 Å². The lowest BCUT2D eigenvalue weighted by atomic mass is 9.95. The van der Waals surface area contributed by atoms with Gasteiger partial charge in [-0.05, 0) is 21.5 Å². The van der Waals surface area contributed by atoms with E-state index in [2.05, 4.69) is 45.0 Å². The summed E-state index contributed by atoms with van der Waals surface area (Å²) in [6, 6.07) is 29.2. The van der Waals surface area contributed by atoms with Gasteiger partial charge in [0.05, 0.1) is 12.2 Å². The summed E-state index contributed by atoms with van der Waals surface area (Å²) in [6.07, 6.45) is -0.334. The van der Waals surface area contributed by atoms with Gasteiger partial charge in [-0.3, -0.25) is 9.59 Å². The predicted molar refractivity (Wildman–Crippen MR) is 143 cm³/mol. The monoisotopic (exact) mass is 500 g/mol. The van der Waals surface area contributed by atoms with Crippen molar-refractivity contribution in [2.75, 3.05) is 13.7 Å². The van der Waals surface area contributed by atoms with Crippen LogP contribution < -0.4 is 10.4 Å². The summed E-state index contributed by atoms with van der Waals surface area (Å²) in [5.41, 5.74) is 0.510. The zero-order chi connectivity index (χ0) is 25.8. The van der Waals surface area contributed by atoms with E-state index >= 15 is 0 Å². The molecule has 2 atom stereocenters. The van der Waals surface area contributed by atoms with Crippen LogP contribution >= 0.6 is 0 Å². The van der Waals surface area contributed by atoms with Crippen LogP contribution in [-0.4, -0.2) is 46.0 Å². The van der Waals surface area contributed by atoms with Gasteiger partial charge in [-0.15, -0.1) is 0 Å². The molecule has 1 heterocycles. The second-order valence-electron chi connectivity index (χ2n) is 9.84. The highest BCUT2D eigenvalue weighted by Crippen LogP contribution is 2.37. The fourth-order valence-electron chi connectivity index (χ4n) is 4.79. The van der Waals surface area contributed by atoms with Gasteiger partial charge in [-0.2, -0.15) is 0 Å². The Labute approximate surface area is 213 Å². The Morgan fingerprint density at radius 2 is 1.36 bits per heavy atom. The highest BCUT2D eigenvalue weighted by atomic mass is 28.4. The standard InChI is InChI=1S/C30H32O5Si/c1-30(2,3)36(23-16-10-6-11-17-23,24-18-12-7-13-19-24)34-21-26-29(32)25(20-27(33-4)35-26)28(31)22-14-8-5-9-15-22/h5-20,26-27H,21H2,1-4H3/t26-,27+/m1/s1. The van der Waals surface area contributed by atoms with Crippen LogP contribution in [-0.2, 0) is 18.7 Å². The molecule has 3 aromatic carbocycles. The number of ether oxygens (including phenoxy) is 2. The number of ketones is 2. The summed E-state index contributed by atoms with van der Waals surface area (Å²) in [5.74, 6) is -0.739. The molecule has 0 bridgehead atoms. The molecule has 186 valence electrons. The van der Waals surface area contributed by atoms with Crippen molar-refractivity contribution >= 4 is 30.3 Å². The molecule has 0 aromatic heterocycles. The van der Waals surface area contributed by atoms with E-state index in [1.165, 1.54) is 13.2 Å². The largest absolute Gasteiger partial charge is 0.404 e. The van der Waals surface area contributed by atoms with Crippen molar-refractivity contribution in [1.82, 2.24) is 0 Å². The van der Waals surface area contributed by atoms with Crippen LogP contribution in [0.5, 0.6) is 0 Å². The molecule has 0 saturated carbocycles.